The number of halogens is 3. The third-order valence-electron chi connectivity index (χ3n) is 4.00. The van der Waals surface area contributed by atoms with Gasteiger partial charge >= 0.3 is 12.2 Å². The van der Waals surface area contributed by atoms with E-state index in [0.29, 0.717) is 27.7 Å². The van der Waals surface area contributed by atoms with Crippen molar-refractivity contribution in [3.05, 3.63) is 41.7 Å². The van der Waals surface area contributed by atoms with Crippen LogP contribution in [0.1, 0.15) is 11.3 Å². The summed E-state index contributed by atoms with van der Waals surface area (Å²) in [5.41, 5.74) is -0.240. The number of carbonyl (C=O) groups is 2. The second-order valence-corrected chi connectivity index (χ2v) is 5.91. The van der Waals surface area contributed by atoms with Gasteiger partial charge in [0.15, 0.2) is 5.65 Å². The van der Waals surface area contributed by atoms with Gasteiger partial charge in [-0.2, -0.15) is 18.3 Å². The number of phenolic OH excluding ortho intramolecular Hbond substituents is 1. The Morgan fingerprint density at radius 1 is 1.32 bits per heavy atom. The number of phenols is 1. The highest BCUT2D eigenvalue weighted by Crippen LogP contribution is 2.37. The highest BCUT2D eigenvalue weighted by atomic mass is 19.4. The van der Waals surface area contributed by atoms with Gasteiger partial charge < -0.3 is 10.4 Å². The number of hydrogen-bond donors (Lipinski definition) is 2. The Morgan fingerprint density at radius 2 is 2.04 bits per heavy atom. The molecule has 0 fully saturated rings. The van der Waals surface area contributed by atoms with Crippen LogP contribution in [-0.4, -0.2) is 32.3 Å². The second kappa shape index (κ2) is 6.83. The molecule has 0 saturated heterocycles. The smallest absolute Gasteiger partial charge is 0.420 e. The third kappa shape index (κ3) is 3.46. The number of aromatic nitrogens is 3. The third-order valence-corrected chi connectivity index (χ3v) is 4.00. The minimum atomic E-state index is -4.85. The molecule has 146 valence electrons. The predicted molar refractivity (Wildman–Crippen MR) is 93.9 cm³/mol. The molecule has 0 atom stereocenters. The predicted octanol–water partition coefficient (Wildman–Crippen LogP) is 3.20. The molecule has 0 aliphatic carbocycles. The van der Waals surface area contributed by atoms with Crippen molar-refractivity contribution >= 4 is 34.8 Å². The first-order chi connectivity index (χ1) is 13.1. The van der Waals surface area contributed by atoms with Crippen LogP contribution in [0.4, 0.5) is 29.3 Å². The van der Waals surface area contributed by atoms with Crippen molar-refractivity contribution in [1.29, 1.82) is 0 Å². The number of carbonyl (C=O) groups excluding carboxylic acids is 2. The molecule has 2 N–H and O–H groups in total. The summed E-state index contributed by atoms with van der Waals surface area (Å²) < 4.78 is 40.4. The zero-order chi connectivity index (χ0) is 20.6. The lowest BCUT2D eigenvalue weighted by atomic mass is 10.1. The molecule has 0 spiro atoms. The van der Waals surface area contributed by atoms with Crippen LogP contribution in [0.25, 0.3) is 11.0 Å². The number of fused-ring (bicyclic) bond motifs is 1. The summed E-state index contributed by atoms with van der Waals surface area (Å²) in [4.78, 5) is 28.4. The molecule has 0 saturated carbocycles. The summed E-state index contributed by atoms with van der Waals surface area (Å²) in [6.07, 6.45) is -3.44. The number of imide groups is 1. The first-order valence-electron chi connectivity index (χ1n) is 7.87. The number of urea groups is 1. The first-order valence-corrected chi connectivity index (χ1v) is 7.87. The molecule has 1 aromatic carbocycles. The Labute approximate surface area is 156 Å². The molecule has 0 bridgehead atoms. The molecule has 0 aliphatic heterocycles. The normalized spacial score (nSPS) is 11.5. The van der Waals surface area contributed by atoms with E-state index in [9.17, 15) is 27.9 Å². The largest absolute Gasteiger partial charge is 0.507 e. The van der Waals surface area contributed by atoms with E-state index in [-0.39, 0.29) is 17.8 Å². The Balaban J connectivity index is 1.90. The maximum Gasteiger partial charge on any atom is 0.420 e. The van der Waals surface area contributed by atoms with Crippen LogP contribution in [0.15, 0.2) is 30.5 Å². The zero-order valence-electron chi connectivity index (χ0n) is 14.7. The van der Waals surface area contributed by atoms with Crippen LogP contribution in [0.5, 0.6) is 5.75 Å². The van der Waals surface area contributed by atoms with Crippen LogP contribution >= 0.6 is 0 Å². The highest BCUT2D eigenvalue weighted by Gasteiger charge is 2.35. The summed E-state index contributed by atoms with van der Waals surface area (Å²) in [5, 5.41) is 16.7. The van der Waals surface area contributed by atoms with Crippen molar-refractivity contribution in [3.63, 3.8) is 0 Å². The number of amides is 3. The highest BCUT2D eigenvalue weighted by molar-refractivity contribution is 6.12. The summed E-state index contributed by atoms with van der Waals surface area (Å²) in [6.45, 7) is 1.75. The van der Waals surface area contributed by atoms with Crippen molar-refractivity contribution < 1.29 is 27.9 Å². The summed E-state index contributed by atoms with van der Waals surface area (Å²) in [6, 6.07) is 2.89. The van der Waals surface area contributed by atoms with Gasteiger partial charge in [0.2, 0.25) is 6.41 Å². The van der Waals surface area contributed by atoms with Gasteiger partial charge in [-0.1, -0.05) is 0 Å². The maximum absolute atomic E-state index is 12.9. The van der Waals surface area contributed by atoms with Crippen LogP contribution in [-0.2, 0) is 18.0 Å². The summed E-state index contributed by atoms with van der Waals surface area (Å²) in [5.74, 6) is -1.01. The molecule has 28 heavy (non-hydrogen) atoms. The van der Waals surface area contributed by atoms with Gasteiger partial charge in [-0.05, 0) is 31.2 Å². The van der Waals surface area contributed by atoms with Gasteiger partial charge in [0.05, 0.1) is 28.8 Å². The van der Waals surface area contributed by atoms with E-state index in [2.05, 4.69) is 15.4 Å². The summed E-state index contributed by atoms with van der Waals surface area (Å²) in [7, 11) is 1.71. The standard InChI is InChI=1S/C17H14F3N5O3/c1-9-12-5-10(7-21-15(12)24(2)23-9)22-16(28)25(8-26)11-3-4-14(27)13(6-11)17(18,19)20/h3-8,27H,1-2H3,(H,22,28). The Kier molecular flexibility index (Phi) is 4.67. The fraction of sp³-hybridized carbons (Fsp3) is 0.176. The number of nitrogens with one attached hydrogen (secondary N) is 1. The number of anilines is 2. The number of benzene rings is 1. The number of alkyl halides is 3. The van der Waals surface area contributed by atoms with Gasteiger partial charge in [-0.25, -0.2) is 14.7 Å². The minimum Gasteiger partial charge on any atom is -0.507 e. The molecule has 3 aromatic rings. The number of aryl methyl sites for hydroxylation is 2. The maximum atomic E-state index is 12.9. The van der Waals surface area contributed by atoms with Crippen LogP contribution in [0.2, 0.25) is 0 Å². The Bertz CT molecular complexity index is 1080. The number of hydrogen-bond acceptors (Lipinski definition) is 5. The van der Waals surface area contributed by atoms with Gasteiger partial charge in [-0.15, -0.1) is 0 Å². The van der Waals surface area contributed by atoms with Crippen molar-refractivity contribution in [2.75, 3.05) is 10.2 Å². The fourth-order valence-corrected chi connectivity index (χ4v) is 2.69. The molecule has 0 aliphatic rings. The molecular formula is C17H14F3N5O3. The van der Waals surface area contributed by atoms with Gasteiger partial charge in [0, 0.05) is 12.4 Å². The fourth-order valence-electron chi connectivity index (χ4n) is 2.69. The molecule has 3 amide bonds. The van der Waals surface area contributed by atoms with Crippen molar-refractivity contribution in [1.82, 2.24) is 14.8 Å². The lowest BCUT2D eigenvalue weighted by Crippen LogP contribution is -2.34. The summed E-state index contributed by atoms with van der Waals surface area (Å²) >= 11 is 0. The number of rotatable bonds is 3. The number of nitrogens with zero attached hydrogens (tertiary/aromatic N) is 4. The van der Waals surface area contributed by atoms with Crippen LogP contribution < -0.4 is 10.2 Å². The van der Waals surface area contributed by atoms with Gasteiger partial charge in [0.1, 0.15) is 5.75 Å². The van der Waals surface area contributed by atoms with E-state index in [1.807, 2.05) is 0 Å². The van der Waals surface area contributed by atoms with Crippen molar-refractivity contribution in [3.8, 4) is 5.75 Å². The van der Waals surface area contributed by atoms with E-state index >= 15 is 0 Å². The van der Waals surface area contributed by atoms with Crippen LogP contribution in [0, 0.1) is 6.92 Å². The van der Waals surface area contributed by atoms with Gasteiger partial charge in [0.25, 0.3) is 0 Å². The molecule has 0 radical (unpaired) electrons. The lowest BCUT2D eigenvalue weighted by molar-refractivity contribution is -0.138. The minimum absolute atomic E-state index is 0.0726. The van der Waals surface area contributed by atoms with Gasteiger partial charge in [-0.3, -0.25) is 9.48 Å². The number of pyridine rings is 1. The first kappa shape index (κ1) is 19.1. The molecular weight excluding hydrogens is 379 g/mol. The van der Waals surface area contributed by atoms with Crippen molar-refractivity contribution in [2.24, 2.45) is 7.05 Å². The molecule has 0 unspecified atom stereocenters. The average Bonchev–Trinajstić information content (AvgIpc) is 2.89. The monoisotopic (exact) mass is 393 g/mol. The van der Waals surface area contributed by atoms with E-state index in [1.165, 1.54) is 6.20 Å². The lowest BCUT2D eigenvalue weighted by Gasteiger charge is -2.18. The molecule has 11 heteroatoms. The average molecular weight is 393 g/mol. The topological polar surface area (TPSA) is 100 Å². The Morgan fingerprint density at radius 3 is 2.68 bits per heavy atom. The van der Waals surface area contributed by atoms with Crippen molar-refractivity contribution in [2.45, 2.75) is 13.1 Å². The SMILES string of the molecule is Cc1nn(C)c2ncc(NC(=O)N(C=O)c3ccc(O)c(C(F)(F)F)c3)cc12. The van der Waals surface area contributed by atoms with E-state index in [0.717, 1.165) is 12.1 Å². The molecule has 8 nitrogen and oxygen atoms in total. The molecule has 3 rings (SSSR count). The molecule has 2 aromatic heterocycles. The quantitative estimate of drug-likeness (QED) is 0.666. The van der Waals surface area contributed by atoms with E-state index in [4.69, 9.17) is 0 Å². The Hall–Kier alpha value is -3.63. The van der Waals surface area contributed by atoms with Crippen LogP contribution in [0.3, 0.4) is 0 Å². The molecule has 2 heterocycles. The second-order valence-electron chi connectivity index (χ2n) is 5.91. The zero-order valence-corrected chi connectivity index (χ0v) is 14.7. The number of aromatic hydroxyl groups is 1. The van der Waals surface area contributed by atoms with E-state index < -0.39 is 23.5 Å². The van der Waals surface area contributed by atoms with E-state index in [1.54, 1.807) is 24.7 Å².